The first kappa shape index (κ1) is 18.2. The molecule has 3 heterocycles. The molecule has 2 aromatic heterocycles. The summed E-state index contributed by atoms with van der Waals surface area (Å²) < 4.78 is 12.8. The van der Waals surface area contributed by atoms with E-state index in [9.17, 15) is 9.59 Å². The third kappa shape index (κ3) is 3.17. The van der Waals surface area contributed by atoms with Gasteiger partial charge in [-0.25, -0.2) is 4.98 Å². The molecule has 0 bridgehead atoms. The highest BCUT2D eigenvalue weighted by molar-refractivity contribution is 7.17. The van der Waals surface area contributed by atoms with E-state index in [0.29, 0.717) is 29.7 Å². The number of nitrogens with zero attached hydrogens (tertiary/aromatic N) is 2. The van der Waals surface area contributed by atoms with Crippen LogP contribution in [-0.4, -0.2) is 28.5 Å². The molecule has 3 aromatic rings. The van der Waals surface area contributed by atoms with Crippen molar-refractivity contribution in [2.24, 2.45) is 0 Å². The highest BCUT2D eigenvalue weighted by Crippen LogP contribution is 2.32. The van der Waals surface area contributed by atoms with E-state index in [4.69, 9.17) is 9.47 Å². The average Bonchev–Trinajstić information content (AvgIpc) is 3.13. The first-order chi connectivity index (χ1) is 14.1. The molecule has 1 unspecified atom stereocenters. The first-order valence-electron chi connectivity index (χ1n) is 9.84. The molecule has 0 saturated heterocycles. The van der Waals surface area contributed by atoms with Gasteiger partial charge in [-0.3, -0.25) is 14.0 Å². The Morgan fingerprint density at radius 3 is 2.86 bits per heavy atom. The van der Waals surface area contributed by atoms with Gasteiger partial charge in [0.15, 0.2) is 16.5 Å². The van der Waals surface area contributed by atoms with Crippen molar-refractivity contribution < 1.29 is 14.3 Å². The molecule has 1 aliphatic carbocycles. The van der Waals surface area contributed by atoms with Crippen molar-refractivity contribution in [2.45, 2.75) is 38.6 Å². The Bertz CT molecular complexity index is 1170. The number of aromatic nitrogens is 2. The molecule has 1 aliphatic heterocycles. The van der Waals surface area contributed by atoms with Crippen LogP contribution in [0.2, 0.25) is 0 Å². The number of carbonyl (C=O) groups is 1. The van der Waals surface area contributed by atoms with Crippen LogP contribution in [0.1, 0.15) is 52.3 Å². The molecule has 29 heavy (non-hydrogen) atoms. The van der Waals surface area contributed by atoms with Crippen molar-refractivity contribution in [1.82, 2.24) is 14.7 Å². The quantitative estimate of drug-likeness (QED) is 0.717. The topological polar surface area (TPSA) is 81.9 Å². The van der Waals surface area contributed by atoms with E-state index in [1.807, 2.05) is 25.1 Å². The molecule has 7 nitrogen and oxygen atoms in total. The molecule has 8 heteroatoms. The molecule has 0 radical (unpaired) electrons. The SMILES string of the molecule is CC(NC(=O)c1cnc2sc3c(n2c1=O)CCCC3)c1ccc2c(c1)OCCO2. The monoisotopic (exact) mass is 411 g/mol. The number of rotatable bonds is 3. The van der Waals surface area contributed by atoms with Gasteiger partial charge in [0, 0.05) is 16.8 Å². The molecule has 2 aliphatic rings. The molecule has 1 N–H and O–H groups in total. The summed E-state index contributed by atoms with van der Waals surface area (Å²) in [6, 6.07) is 5.30. The number of aryl methyl sites for hydroxylation is 2. The minimum absolute atomic E-state index is 0.0677. The molecule has 1 aromatic carbocycles. The van der Waals surface area contributed by atoms with Gasteiger partial charge in [-0.1, -0.05) is 6.07 Å². The normalized spacial score (nSPS) is 16.3. The zero-order chi connectivity index (χ0) is 20.0. The Morgan fingerprint density at radius 2 is 2.00 bits per heavy atom. The number of amides is 1. The third-order valence-electron chi connectivity index (χ3n) is 5.46. The maximum atomic E-state index is 13.0. The van der Waals surface area contributed by atoms with Crippen LogP contribution in [-0.2, 0) is 12.8 Å². The summed E-state index contributed by atoms with van der Waals surface area (Å²) in [5, 5.41) is 2.91. The standard InChI is InChI=1S/C21H21N3O4S/c1-12(13-6-7-16-17(10-13)28-9-8-27-16)23-19(25)14-11-22-21-24(20(14)26)15-4-2-3-5-18(15)29-21/h6-7,10-12H,2-5,8-9H2,1H3,(H,23,25). The maximum Gasteiger partial charge on any atom is 0.271 e. The fourth-order valence-corrected chi connectivity index (χ4v) is 5.08. The summed E-state index contributed by atoms with van der Waals surface area (Å²) in [6.07, 6.45) is 5.42. The van der Waals surface area contributed by atoms with Crippen LogP contribution >= 0.6 is 11.3 Å². The van der Waals surface area contributed by atoms with Crippen LogP contribution in [0.3, 0.4) is 0 Å². The van der Waals surface area contributed by atoms with E-state index in [1.165, 1.54) is 11.1 Å². The second-order valence-electron chi connectivity index (χ2n) is 7.37. The molecule has 5 rings (SSSR count). The first-order valence-corrected chi connectivity index (χ1v) is 10.7. The molecule has 0 saturated carbocycles. The number of ether oxygens (including phenoxy) is 2. The lowest BCUT2D eigenvalue weighted by Gasteiger charge is -2.21. The maximum absolute atomic E-state index is 13.0. The lowest BCUT2D eigenvalue weighted by Crippen LogP contribution is -2.33. The van der Waals surface area contributed by atoms with Crippen LogP contribution in [0.25, 0.3) is 4.96 Å². The van der Waals surface area contributed by atoms with Gasteiger partial charge in [-0.2, -0.15) is 0 Å². The zero-order valence-electron chi connectivity index (χ0n) is 16.1. The molecule has 150 valence electrons. The van der Waals surface area contributed by atoms with E-state index in [0.717, 1.165) is 36.9 Å². The number of fused-ring (bicyclic) bond motifs is 4. The fraction of sp³-hybridized carbons (Fsp3) is 0.381. The average molecular weight is 411 g/mol. The van der Waals surface area contributed by atoms with Crippen molar-refractivity contribution in [3.8, 4) is 11.5 Å². The van der Waals surface area contributed by atoms with Crippen LogP contribution in [0.15, 0.2) is 29.2 Å². The third-order valence-corrected chi connectivity index (χ3v) is 6.62. The van der Waals surface area contributed by atoms with Crippen LogP contribution in [0.4, 0.5) is 0 Å². The second kappa shape index (κ2) is 7.18. The van der Waals surface area contributed by atoms with Gasteiger partial charge in [0.25, 0.3) is 11.5 Å². The summed E-state index contributed by atoms with van der Waals surface area (Å²) in [6.45, 7) is 2.91. The summed E-state index contributed by atoms with van der Waals surface area (Å²) in [4.78, 5) is 32.2. The highest BCUT2D eigenvalue weighted by Gasteiger charge is 2.23. The number of hydrogen-bond donors (Lipinski definition) is 1. The zero-order valence-corrected chi connectivity index (χ0v) is 16.9. The van der Waals surface area contributed by atoms with E-state index >= 15 is 0 Å². The van der Waals surface area contributed by atoms with Crippen LogP contribution in [0, 0.1) is 0 Å². The Kier molecular flexibility index (Phi) is 4.50. The summed E-state index contributed by atoms with van der Waals surface area (Å²) in [5.41, 5.74) is 1.67. The second-order valence-corrected chi connectivity index (χ2v) is 8.43. The van der Waals surface area contributed by atoms with Gasteiger partial charge in [-0.15, -0.1) is 11.3 Å². The van der Waals surface area contributed by atoms with Crippen LogP contribution < -0.4 is 20.3 Å². The van der Waals surface area contributed by atoms with Gasteiger partial charge >= 0.3 is 0 Å². The van der Waals surface area contributed by atoms with Crippen molar-refractivity contribution in [2.75, 3.05) is 13.2 Å². The van der Waals surface area contributed by atoms with Gasteiger partial charge < -0.3 is 14.8 Å². The summed E-state index contributed by atoms with van der Waals surface area (Å²) in [5.74, 6) is 0.951. The Labute approximate surface area is 171 Å². The lowest BCUT2D eigenvalue weighted by atomic mass is 10.0. The number of benzene rings is 1. The summed E-state index contributed by atoms with van der Waals surface area (Å²) >= 11 is 1.55. The van der Waals surface area contributed by atoms with Crippen molar-refractivity contribution in [3.63, 3.8) is 0 Å². The Balaban J connectivity index is 1.42. The minimum atomic E-state index is -0.421. The number of hydrogen-bond acceptors (Lipinski definition) is 6. The largest absolute Gasteiger partial charge is 0.486 e. The van der Waals surface area contributed by atoms with E-state index in [2.05, 4.69) is 10.3 Å². The summed E-state index contributed by atoms with van der Waals surface area (Å²) in [7, 11) is 0. The molecular weight excluding hydrogens is 390 g/mol. The number of carbonyl (C=O) groups excluding carboxylic acids is 1. The Hall–Kier alpha value is -2.87. The highest BCUT2D eigenvalue weighted by atomic mass is 32.1. The molecule has 0 fully saturated rings. The Morgan fingerprint density at radius 1 is 1.21 bits per heavy atom. The molecular formula is C21H21N3O4S. The van der Waals surface area contributed by atoms with Gasteiger partial charge in [0.05, 0.1) is 6.04 Å². The van der Waals surface area contributed by atoms with Crippen molar-refractivity contribution in [3.05, 3.63) is 56.4 Å². The van der Waals surface area contributed by atoms with Gasteiger partial charge in [0.2, 0.25) is 0 Å². The van der Waals surface area contributed by atoms with Gasteiger partial charge in [0.1, 0.15) is 18.8 Å². The number of thiazole rings is 1. The molecule has 0 spiro atoms. The van der Waals surface area contributed by atoms with E-state index in [-0.39, 0.29) is 17.2 Å². The number of nitrogens with one attached hydrogen (secondary N) is 1. The van der Waals surface area contributed by atoms with Crippen LogP contribution in [0.5, 0.6) is 11.5 Å². The molecule has 1 atom stereocenters. The van der Waals surface area contributed by atoms with E-state index < -0.39 is 5.91 Å². The smallest absolute Gasteiger partial charge is 0.271 e. The van der Waals surface area contributed by atoms with Gasteiger partial charge in [-0.05, 0) is 50.3 Å². The minimum Gasteiger partial charge on any atom is -0.486 e. The van der Waals surface area contributed by atoms with Crippen molar-refractivity contribution in [1.29, 1.82) is 0 Å². The predicted octanol–water partition coefficient (Wildman–Crippen LogP) is 2.90. The predicted molar refractivity (Wildman–Crippen MR) is 109 cm³/mol. The van der Waals surface area contributed by atoms with Crippen molar-refractivity contribution >= 4 is 22.2 Å². The lowest BCUT2D eigenvalue weighted by molar-refractivity contribution is 0.0937. The van der Waals surface area contributed by atoms with E-state index in [1.54, 1.807) is 15.7 Å². The fourth-order valence-electron chi connectivity index (χ4n) is 3.91. The molecule has 1 amide bonds.